The van der Waals surface area contributed by atoms with E-state index < -0.39 is 11.7 Å². The first kappa shape index (κ1) is 18.8. The zero-order valence-electron chi connectivity index (χ0n) is 14.7. The van der Waals surface area contributed by atoms with Crippen molar-refractivity contribution >= 4 is 11.4 Å². The van der Waals surface area contributed by atoms with Gasteiger partial charge in [-0.2, -0.15) is 18.0 Å². The minimum atomic E-state index is -4.36. The fourth-order valence-electron chi connectivity index (χ4n) is 2.51. The van der Waals surface area contributed by atoms with Crippen molar-refractivity contribution < 1.29 is 17.9 Å². The molecule has 0 fully saturated rings. The number of hydrogen-bond donors (Lipinski definition) is 1. The summed E-state index contributed by atoms with van der Waals surface area (Å²) in [6, 6.07) is 12.0. The highest BCUT2D eigenvalue weighted by Crippen LogP contribution is 2.32. The molecule has 1 N–H and O–H groups in total. The topological polar surface area (TPSA) is 64.9 Å². The minimum absolute atomic E-state index is 0.0775. The maximum absolute atomic E-state index is 12.7. The van der Waals surface area contributed by atoms with E-state index in [0.29, 0.717) is 29.4 Å². The number of nitrogens with zero attached hydrogens (tertiary/aromatic N) is 4. The van der Waals surface area contributed by atoms with Gasteiger partial charge in [0, 0.05) is 24.0 Å². The third kappa shape index (κ3) is 4.43. The average molecular weight is 377 g/mol. The predicted octanol–water partition coefficient (Wildman–Crippen LogP) is 4.31. The van der Waals surface area contributed by atoms with Crippen molar-refractivity contribution in [3.05, 3.63) is 54.1 Å². The van der Waals surface area contributed by atoms with Gasteiger partial charge >= 0.3 is 6.18 Å². The first-order valence-corrected chi connectivity index (χ1v) is 8.20. The molecule has 142 valence electrons. The quantitative estimate of drug-likeness (QED) is 0.693. The summed E-state index contributed by atoms with van der Waals surface area (Å²) >= 11 is 0. The molecule has 0 aliphatic carbocycles. The molecule has 0 saturated heterocycles. The van der Waals surface area contributed by atoms with Gasteiger partial charge in [-0.05, 0) is 48.5 Å². The first-order chi connectivity index (χ1) is 12.9. The standard InChI is InChI=1S/C18H18F3N5O/c1-12(11-27-2)26-24-17(23-25-26)15-5-3-4-6-16(15)22-14-9-7-13(8-10-14)18(19,20)21/h3-10,12,22H,11H2,1-2H3. The molecule has 3 rings (SSSR count). The molecule has 0 aliphatic rings. The van der Waals surface area contributed by atoms with Crippen LogP contribution in [0.3, 0.4) is 0 Å². The summed E-state index contributed by atoms with van der Waals surface area (Å²) in [5.74, 6) is 0.410. The molecule has 1 unspecified atom stereocenters. The van der Waals surface area contributed by atoms with Crippen LogP contribution in [0, 0.1) is 0 Å². The summed E-state index contributed by atoms with van der Waals surface area (Å²) < 4.78 is 43.2. The van der Waals surface area contributed by atoms with E-state index in [0.717, 1.165) is 12.1 Å². The van der Waals surface area contributed by atoms with Gasteiger partial charge < -0.3 is 10.1 Å². The van der Waals surface area contributed by atoms with Crippen LogP contribution in [0.1, 0.15) is 18.5 Å². The Labute approximate surface area is 154 Å². The van der Waals surface area contributed by atoms with E-state index in [1.54, 1.807) is 13.2 Å². The number of para-hydroxylation sites is 1. The van der Waals surface area contributed by atoms with Crippen molar-refractivity contribution in [2.45, 2.75) is 19.1 Å². The molecule has 6 nitrogen and oxygen atoms in total. The Kier molecular flexibility index (Phi) is 5.41. The van der Waals surface area contributed by atoms with Crippen LogP contribution in [-0.4, -0.2) is 33.9 Å². The first-order valence-electron chi connectivity index (χ1n) is 8.20. The zero-order chi connectivity index (χ0) is 19.4. The molecule has 27 heavy (non-hydrogen) atoms. The van der Waals surface area contributed by atoms with E-state index in [1.807, 2.05) is 25.1 Å². The lowest BCUT2D eigenvalue weighted by molar-refractivity contribution is -0.137. The predicted molar refractivity (Wildman–Crippen MR) is 94.6 cm³/mol. The monoisotopic (exact) mass is 377 g/mol. The Balaban J connectivity index is 1.84. The van der Waals surface area contributed by atoms with Gasteiger partial charge in [0.2, 0.25) is 5.82 Å². The lowest BCUT2D eigenvalue weighted by Crippen LogP contribution is -2.14. The Morgan fingerprint density at radius 2 is 1.81 bits per heavy atom. The number of benzene rings is 2. The smallest absolute Gasteiger partial charge is 0.382 e. The molecule has 1 heterocycles. The van der Waals surface area contributed by atoms with E-state index >= 15 is 0 Å². The minimum Gasteiger partial charge on any atom is -0.382 e. The van der Waals surface area contributed by atoms with Gasteiger partial charge in [-0.3, -0.25) is 0 Å². The van der Waals surface area contributed by atoms with Crippen LogP contribution < -0.4 is 5.32 Å². The molecule has 9 heteroatoms. The zero-order valence-corrected chi connectivity index (χ0v) is 14.7. The van der Waals surface area contributed by atoms with E-state index in [-0.39, 0.29) is 6.04 Å². The number of aromatic nitrogens is 4. The largest absolute Gasteiger partial charge is 0.416 e. The lowest BCUT2D eigenvalue weighted by atomic mass is 10.1. The highest BCUT2D eigenvalue weighted by molar-refractivity contribution is 5.77. The number of ether oxygens (including phenoxy) is 1. The number of tetrazole rings is 1. The Bertz CT molecular complexity index is 893. The summed E-state index contributed by atoms with van der Waals surface area (Å²) in [4.78, 5) is 1.47. The van der Waals surface area contributed by atoms with Crippen LogP contribution >= 0.6 is 0 Å². The van der Waals surface area contributed by atoms with Crippen molar-refractivity contribution in [2.75, 3.05) is 19.0 Å². The molecule has 1 atom stereocenters. The molecule has 0 saturated carbocycles. The third-order valence-electron chi connectivity index (χ3n) is 3.89. The fraction of sp³-hybridized carbons (Fsp3) is 0.278. The molecular formula is C18H18F3N5O. The summed E-state index contributed by atoms with van der Waals surface area (Å²) in [6.07, 6.45) is -4.36. The van der Waals surface area contributed by atoms with Crippen LogP contribution in [0.4, 0.5) is 24.5 Å². The second-order valence-corrected chi connectivity index (χ2v) is 5.98. The summed E-state index contributed by atoms with van der Waals surface area (Å²) in [5.41, 5.74) is 1.18. The van der Waals surface area contributed by atoms with Crippen molar-refractivity contribution in [3.63, 3.8) is 0 Å². The Hall–Kier alpha value is -2.94. The molecule has 0 spiro atoms. The van der Waals surface area contributed by atoms with Crippen molar-refractivity contribution in [2.24, 2.45) is 0 Å². The fourth-order valence-corrected chi connectivity index (χ4v) is 2.51. The van der Waals surface area contributed by atoms with Crippen LogP contribution in [0.5, 0.6) is 0 Å². The van der Waals surface area contributed by atoms with Crippen LogP contribution in [0.25, 0.3) is 11.4 Å². The summed E-state index contributed by atoms with van der Waals surface area (Å²) in [6.45, 7) is 2.35. The molecule has 0 aliphatic heterocycles. The Morgan fingerprint density at radius 3 is 2.48 bits per heavy atom. The number of methoxy groups -OCH3 is 1. The van der Waals surface area contributed by atoms with E-state index in [2.05, 4.69) is 20.7 Å². The number of halogens is 3. The normalized spacial score (nSPS) is 12.8. The molecule has 0 radical (unpaired) electrons. The van der Waals surface area contributed by atoms with Gasteiger partial charge in [0.25, 0.3) is 0 Å². The molecule has 0 amide bonds. The molecule has 0 bridgehead atoms. The molecular weight excluding hydrogens is 359 g/mol. The highest BCUT2D eigenvalue weighted by Gasteiger charge is 2.29. The van der Waals surface area contributed by atoms with Crippen molar-refractivity contribution in [3.8, 4) is 11.4 Å². The lowest BCUT2D eigenvalue weighted by Gasteiger charge is -2.12. The average Bonchev–Trinajstić information content (AvgIpc) is 3.12. The second-order valence-electron chi connectivity index (χ2n) is 5.98. The van der Waals surface area contributed by atoms with Gasteiger partial charge in [0.1, 0.15) is 0 Å². The molecule has 1 aromatic heterocycles. The van der Waals surface area contributed by atoms with E-state index in [4.69, 9.17) is 4.74 Å². The van der Waals surface area contributed by atoms with Crippen molar-refractivity contribution in [1.82, 2.24) is 20.2 Å². The maximum Gasteiger partial charge on any atom is 0.416 e. The third-order valence-corrected chi connectivity index (χ3v) is 3.89. The van der Waals surface area contributed by atoms with Crippen LogP contribution in [0.15, 0.2) is 48.5 Å². The maximum atomic E-state index is 12.7. The van der Waals surface area contributed by atoms with E-state index in [1.165, 1.54) is 16.9 Å². The summed E-state index contributed by atoms with van der Waals surface area (Å²) in [7, 11) is 1.59. The number of alkyl halides is 3. The number of nitrogens with one attached hydrogen (secondary N) is 1. The van der Waals surface area contributed by atoms with Crippen LogP contribution in [-0.2, 0) is 10.9 Å². The SMILES string of the molecule is COCC(C)n1nnc(-c2ccccc2Nc2ccc(C(F)(F)F)cc2)n1. The van der Waals surface area contributed by atoms with Crippen molar-refractivity contribution in [1.29, 1.82) is 0 Å². The summed E-state index contributed by atoms with van der Waals surface area (Å²) in [5, 5.41) is 15.6. The second kappa shape index (κ2) is 7.75. The highest BCUT2D eigenvalue weighted by atomic mass is 19.4. The van der Waals surface area contributed by atoms with Gasteiger partial charge in [0.15, 0.2) is 0 Å². The van der Waals surface area contributed by atoms with Gasteiger partial charge in [-0.15, -0.1) is 10.2 Å². The van der Waals surface area contributed by atoms with Gasteiger partial charge in [-0.25, -0.2) is 0 Å². The van der Waals surface area contributed by atoms with Gasteiger partial charge in [0.05, 0.1) is 18.2 Å². The number of rotatable bonds is 6. The van der Waals surface area contributed by atoms with Crippen LogP contribution in [0.2, 0.25) is 0 Å². The molecule has 2 aromatic carbocycles. The number of hydrogen-bond acceptors (Lipinski definition) is 5. The molecule has 3 aromatic rings. The van der Waals surface area contributed by atoms with Gasteiger partial charge in [-0.1, -0.05) is 12.1 Å². The number of anilines is 2. The Morgan fingerprint density at radius 1 is 1.11 bits per heavy atom. The van der Waals surface area contributed by atoms with E-state index in [9.17, 15) is 13.2 Å².